The Morgan fingerprint density at radius 1 is 1.14 bits per heavy atom. The molecule has 0 saturated heterocycles. The zero-order valence-electron chi connectivity index (χ0n) is 10.5. The molecule has 0 fully saturated rings. The maximum atomic E-state index is 11.9. The van der Waals surface area contributed by atoms with Crippen molar-refractivity contribution in [2.75, 3.05) is 5.32 Å². The summed E-state index contributed by atoms with van der Waals surface area (Å²) in [7, 11) is 0. The van der Waals surface area contributed by atoms with E-state index in [0.29, 0.717) is 11.6 Å². The number of benzene rings is 1. The highest BCUT2D eigenvalue weighted by atomic mass is 35.5. The molecule has 0 radical (unpaired) electrons. The van der Waals surface area contributed by atoms with E-state index < -0.39 is 0 Å². The molecule has 0 aliphatic carbocycles. The molecule has 0 aliphatic rings. The van der Waals surface area contributed by atoms with E-state index in [1.807, 2.05) is 0 Å². The first kappa shape index (κ1) is 13.2. The number of nitrogens with zero attached hydrogens (tertiary/aromatic N) is 4. The average Bonchev–Trinajstić information content (AvgIpc) is 3.03. The number of hydrogen-bond donors (Lipinski definition) is 1. The van der Waals surface area contributed by atoms with E-state index in [-0.39, 0.29) is 16.8 Å². The summed E-state index contributed by atoms with van der Waals surface area (Å²) in [6, 6.07) is 6.97. The minimum absolute atomic E-state index is 0.181. The SMILES string of the molecule is O=C(Nc1ccc(-c2nnco2)cc1)c1cnc(Cl)cn1. The van der Waals surface area contributed by atoms with Crippen molar-refractivity contribution in [3.05, 3.63) is 53.9 Å². The fourth-order valence-corrected chi connectivity index (χ4v) is 1.72. The van der Waals surface area contributed by atoms with Crippen LogP contribution in [-0.4, -0.2) is 26.1 Å². The molecule has 7 nitrogen and oxygen atoms in total. The predicted molar refractivity (Wildman–Crippen MR) is 74.7 cm³/mol. The van der Waals surface area contributed by atoms with Crippen molar-refractivity contribution in [3.63, 3.8) is 0 Å². The predicted octanol–water partition coefficient (Wildman–Crippen LogP) is 2.43. The van der Waals surface area contributed by atoms with E-state index in [4.69, 9.17) is 16.0 Å². The second kappa shape index (κ2) is 5.68. The van der Waals surface area contributed by atoms with E-state index in [2.05, 4.69) is 25.5 Å². The fraction of sp³-hybridized carbons (Fsp3) is 0. The molecule has 0 atom stereocenters. The third kappa shape index (κ3) is 3.03. The van der Waals surface area contributed by atoms with Gasteiger partial charge in [0.05, 0.1) is 12.4 Å². The maximum absolute atomic E-state index is 11.9. The summed E-state index contributed by atoms with van der Waals surface area (Å²) in [5.74, 6) is 0.0427. The first-order valence-corrected chi connectivity index (χ1v) is 6.26. The number of halogens is 1. The summed E-state index contributed by atoms with van der Waals surface area (Å²) in [4.78, 5) is 19.6. The number of anilines is 1. The van der Waals surface area contributed by atoms with Gasteiger partial charge in [-0.25, -0.2) is 9.97 Å². The van der Waals surface area contributed by atoms with Crippen LogP contribution in [0.25, 0.3) is 11.5 Å². The van der Waals surface area contributed by atoms with Crippen LogP contribution in [0.3, 0.4) is 0 Å². The summed E-state index contributed by atoms with van der Waals surface area (Å²) >= 11 is 5.62. The van der Waals surface area contributed by atoms with Gasteiger partial charge in [-0.3, -0.25) is 4.79 Å². The van der Waals surface area contributed by atoms with Crippen molar-refractivity contribution in [2.45, 2.75) is 0 Å². The molecular formula is C13H8ClN5O2. The van der Waals surface area contributed by atoms with E-state index in [1.165, 1.54) is 18.8 Å². The van der Waals surface area contributed by atoms with Crippen LogP contribution in [0, 0.1) is 0 Å². The number of amides is 1. The Hall–Kier alpha value is -2.80. The Balaban J connectivity index is 1.73. The van der Waals surface area contributed by atoms with Gasteiger partial charge in [0.15, 0.2) is 0 Å². The molecular weight excluding hydrogens is 294 g/mol. The number of hydrogen-bond acceptors (Lipinski definition) is 6. The molecule has 21 heavy (non-hydrogen) atoms. The van der Waals surface area contributed by atoms with Crippen molar-refractivity contribution in [1.29, 1.82) is 0 Å². The van der Waals surface area contributed by atoms with Crippen molar-refractivity contribution in [2.24, 2.45) is 0 Å². The van der Waals surface area contributed by atoms with Crippen LogP contribution in [0.5, 0.6) is 0 Å². The first-order valence-electron chi connectivity index (χ1n) is 5.88. The molecule has 104 valence electrons. The Labute approximate surface area is 124 Å². The normalized spacial score (nSPS) is 10.3. The molecule has 3 aromatic rings. The largest absolute Gasteiger partial charge is 0.423 e. The molecule has 0 spiro atoms. The first-order chi connectivity index (χ1) is 10.2. The zero-order chi connectivity index (χ0) is 14.7. The van der Waals surface area contributed by atoms with E-state index in [1.54, 1.807) is 24.3 Å². The molecule has 1 amide bonds. The summed E-state index contributed by atoms with van der Waals surface area (Å²) in [5.41, 5.74) is 1.55. The molecule has 3 rings (SSSR count). The summed E-state index contributed by atoms with van der Waals surface area (Å²) in [6.07, 6.45) is 3.88. The van der Waals surface area contributed by atoms with Gasteiger partial charge in [-0.05, 0) is 24.3 Å². The quantitative estimate of drug-likeness (QED) is 0.798. The second-order valence-electron chi connectivity index (χ2n) is 4.00. The lowest BCUT2D eigenvalue weighted by molar-refractivity contribution is 0.102. The van der Waals surface area contributed by atoms with Gasteiger partial charge < -0.3 is 9.73 Å². The maximum Gasteiger partial charge on any atom is 0.275 e. The van der Waals surface area contributed by atoms with Crippen LogP contribution in [-0.2, 0) is 0 Å². The van der Waals surface area contributed by atoms with Gasteiger partial charge in [0.2, 0.25) is 12.3 Å². The van der Waals surface area contributed by atoms with Gasteiger partial charge in [0.1, 0.15) is 10.8 Å². The van der Waals surface area contributed by atoms with Crippen molar-refractivity contribution < 1.29 is 9.21 Å². The molecule has 1 aromatic carbocycles. The van der Waals surface area contributed by atoms with Crippen LogP contribution in [0.15, 0.2) is 47.5 Å². The Bertz CT molecular complexity index is 741. The third-order valence-electron chi connectivity index (χ3n) is 2.60. The van der Waals surface area contributed by atoms with E-state index >= 15 is 0 Å². The van der Waals surface area contributed by atoms with E-state index in [9.17, 15) is 4.79 Å². The molecule has 1 N–H and O–H groups in total. The van der Waals surface area contributed by atoms with Crippen molar-refractivity contribution in [1.82, 2.24) is 20.2 Å². The van der Waals surface area contributed by atoms with Gasteiger partial charge in [-0.15, -0.1) is 10.2 Å². The molecule has 8 heteroatoms. The van der Waals surface area contributed by atoms with Crippen LogP contribution in [0.2, 0.25) is 5.15 Å². The highest BCUT2D eigenvalue weighted by Gasteiger charge is 2.09. The van der Waals surface area contributed by atoms with Crippen LogP contribution < -0.4 is 5.32 Å². The van der Waals surface area contributed by atoms with E-state index in [0.717, 1.165) is 5.56 Å². The monoisotopic (exact) mass is 301 g/mol. The van der Waals surface area contributed by atoms with Gasteiger partial charge in [-0.1, -0.05) is 11.6 Å². The molecule has 2 aromatic heterocycles. The highest BCUT2D eigenvalue weighted by Crippen LogP contribution is 2.19. The standard InChI is InChI=1S/C13H8ClN5O2/c14-11-6-15-10(5-16-11)12(20)18-9-3-1-8(2-4-9)13-19-17-7-21-13/h1-7H,(H,18,20). The lowest BCUT2D eigenvalue weighted by Gasteiger charge is -2.04. The minimum atomic E-state index is -0.371. The number of nitrogens with one attached hydrogen (secondary N) is 1. The lowest BCUT2D eigenvalue weighted by atomic mass is 10.2. The van der Waals surface area contributed by atoms with Crippen LogP contribution in [0.1, 0.15) is 10.5 Å². The van der Waals surface area contributed by atoms with Crippen molar-refractivity contribution >= 4 is 23.2 Å². The van der Waals surface area contributed by atoms with Gasteiger partial charge >= 0.3 is 0 Å². The average molecular weight is 302 g/mol. The minimum Gasteiger partial charge on any atom is -0.423 e. The Kier molecular flexibility index (Phi) is 3.57. The molecule has 2 heterocycles. The molecule has 0 bridgehead atoms. The number of aromatic nitrogens is 4. The topological polar surface area (TPSA) is 93.8 Å². The zero-order valence-corrected chi connectivity index (χ0v) is 11.3. The van der Waals surface area contributed by atoms with Gasteiger partial charge in [0, 0.05) is 11.3 Å². The Morgan fingerprint density at radius 3 is 2.57 bits per heavy atom. The smallest absolute Gasteiger partial charge is 0.275 e. The molecule has 0 unspecified atom stereocenters. The van der Waals surface area contributed by atoms with Gasteiger partial charge in [0.25, 0.3) is 5.91 Å². The second-order valence-corrected chi connectivity index (χ2v) is 4.39. The number of carbonyl (C=O) groups excluding carboxylic acids is 1. The molecule has 0 aliphatic heterocycles. The number of carbonyl (C=O) groups is 1. The number of rotatable bonds is 3. The van der Waals surface area contributed by atoms with Crippen molar-refractivity contribution in [3.8, 4) is 11.5 Å². The summed E-state index contributed by atoms with van der Waals surface area (Å²) in [5, 5.41) is 10.3. The summed E-state index contributed by atoms with van der Waals surface area (Å²) < 4.78 is 5.08. The molecule has 0 saturated carbocycles. The van der Waals surface area contributed by atoms with Gasteiger partial charge in [-0.2, -0.15) is 0 Å². The highest BCUT2D eigenvalue weighted by molar-refractivity contribution is 6.29. The van der Waals surface area contributed by atoms with Crippen LogP contribution in [0.4, 0.5) is 5.69 Å². The lowest BCUT2D eigenvalue weighted by Crippen LogP contribution is -2.13. The Morgan fingerprint density at radius 2 is 1.95 bits per heavy atom. The third-order valence-corrected chi connectivity index (χ3v) is 2.80. The van der Waals surface area contributed by atoms with Crippen LogP contribution >= 0.6 is 11.6 Å². The summed E-state index contributed by atoms with van der Waals surface area (Å²) in [6.45, 7) is 0. The fourth-order valence-electron chi connectivity index (χ4n) is 1.62.